The van der Waals surface area contributed by atoms with Crippen molar-refractivity contribution in [2.75, 3.05) is 0 Å². The van der Waals surface area contributed by atoms with Gasteiger partial charge in [-0.1, -0.05) is 59.6 Å². The van der Waals surface area contributed by atoms with Gasteiger partial charge in [0.25, 0.3) is 0 Å². The fraction of sp³-hybridized carbons (Fsp3) is 0.250. The van der Waals surface area contributed by atoms with E-state index in [1.807, 2.05) is 0 Å². The van der Waals surface area contributed by atoms with Crippen molar-refractivity contribution in [2.45, 2.75) is 23.7 Å². The highest BCUT2D eigenvalue weighted by Gasteiger charge is 2.81. The second kappa shape index (κ2) is 6.56. The molecule has 0 aliphatic carbocycles. The summed E-state index contributed by atoms with van der Waals surface area (Å²) in [7, 11) is 0. The number of halogens is 10. The van der Waals surface area contributed by atoms with E-state index in [1.54, 1.807) is 0 Å². The minimum atomic E-state index is -6.73. The molecule has 2 rings (SSSR count). The predicted octanol–water partition coefficient (Wildman–Crippen LogP) is 7.04. The lowest BCUT2D eigenvalue weighted by molar-refractivity contribution is -0.377. The van der Waals surface area contributed by atoms with E-state index >= 15 is 4.39 Å². The number of hydrogen-bond donors (Lipinski definition) is 0. The van der Waals surface area contributed by atoms with Crippen molar-refractivity contribution in [3.8, 4) is 0 Å². The van der Waals surface area contributed by atoms with Crippen LogP contribution in [0.15, 0.2) is 48.5 Å². The van der Waals surface area contributed by atoms with Crippen LogP contribution in [0.25, 0.3) is 0 Å². The maximum atomic E-state index is 15.7. The molecule has 0 N–H and O–H groups in total. The van der Waals surface area contributed by atoms with Crippen molar-refractivity contribution in [1.29, 1.82) is 0 Å². The van der Waals surface area contributed by atoms with Gasteiger partial charge in [-0.2, -0.15) is 30.7 Å². The van der Waals surface area contributed by atoms with E-state index in [1.165, 1.54) is 12.1 Å². The molecule has 0 aromatic heterocycles. The topological polar surface area (TPSA) is 0 Å². The van der Waals surface area contributed by atoms with Crippen LogP contribution in [0, 0.1) is 0 Å². The molecule has 0 aliphatic heterocycles. The molecule has 2 aromatic carbocycles. The van der Waals surface area contributed by atoms with Crippen LogP contribution in [0.1, 0.15) is 11.1 Å². The van der Waals surface area contributed by atoms with Crippen LogP contribution in [0.2, 0.25) is 10.0 Å². The smallest absolute Gasteiger partial charge is 0.226 e. The Bertz CT molecular complexity index is 755. The molecule has 0 unspecified atom stereocenters. The van der Waals surface area contributed by atoms with Gasteiger partial charge in [-0.3, -0.25) is 0 Å². The van der Waals surface area contributed by atoms with Crippen LogP contribution < -0.4 is 0 Å². The van der Waals surface area contributed by atoms with Gasteiger partial charge < -0.3 is 0 Å². The van der Waals surface area contributed by atoms with Crippen LogP contribution >= 0.6 is 23.2 Å². The molecular weight excluding hydrogens is 415 g/mol. The zero-order valence-electron chi connectivity index (χ0n) is 12.4. The Kier molecular flexibility index (Phi) is 5.24. The quantitative estimate of drug-likeness (QED) is 0.463. The molecule has 0 aliphatic rings. The van der Waals surface area contributed by atoms with Crippen molar-refractivity contribution in [2.24, 2.45) is 0 Å². The molecule has 0 radical (unpaired) electrons. The third-order valence-corrected chi connectivity index (χ3v) is 4.33. The summed E-state index contributed by atoms with van der Waals surface area (Å²) in [5.41, 5.74) is -7.21. The molecular formula is C16H8Cl2F8. The molecule has 0 spiro atoms. The minimum Gasteiger partial charge on any atom is -0.226 e. The van der Waals surface area contributed by atoms with Gasteiger partial charge in [-0.25, -0.2) is 4.39 Å². The molecule has 10 heteroatoms. The summed E-state index contributed by atoms with van der Waals surface area (Å²) < 4.78 is 110. The first-order chi connectivity index (χ1) is 11.8. The summed E-state index contributed by atoms with van der Waals surface area (Å²) in [6.07, 6.45) is -6.73. The van der Waals surface area contributed by atoms with Gasteiger partial charge in [0.15, 0.2) is 0 Å². The van der Waals surface area contributed by atoms with E-state index in [2.05, 4.69) is 0 Å². The molecule has 142 valence electrons. The number of rotatable bonds is 4. The molecule has 0 saturated heterocycles. The molecule has 0 fully saturated rings. The second-order valence-electron chi connectivity index (χ2n) is 5.26. The average molecular weight is 423 g/mol. The summed E-state index contributed by atoms with van der Waals surface area (Å²) in [6.45, 7) is 0. The largest absolute Gasteiger partial charge is 0.460 e. The highest BCUT2D eigenvalue weighted by Crippen LogP contribution is 2.60. The summed E-state index contributed by atoms with van der Waals surface area (Å²) in [5.74, 6) is -13.0. The fourth-order valence-corrected chi connectivity index (χ4v) is 2.89. The van der Waals surface area contributed by atoms with Crippen molar-refractivity contribution >= 4 is 23.2 Å². The van der Waals surface area contributed by atoms with Crippen LogP contribution in [0.3, 0.4) is 0 Å². The molecule has 0 bridgehead atoms. The molecule has 0 nitrogen and oxygen atoms in total. The van der Waals surface area contributed by atoms with Gasteiger partial charge >= 0.3 is 18.0 Å². The van der Waals surface area contributed by atoms with Gasteiger partial charge in [0.05, 0.1) is 0 Å². The van der Waals surface area contributed by atoms with Gasteiger partial charge in [0, 0.05) is 21.2 Å². The number of alkyl halides is 8. The molecule has 2 aromatic rings. The Balaban J connectivity index is 2.91. The number of hydrogen-bond acceptors (Lipinski definition) is 0. The Morgan fingerprint density at radius 1 is 0.538 bits per heavy atom. The highest BCUT2D eigenvalue weighted by molar-refractivity contribution is 6.32. The summed E-state index contributed by atoms with van der Waals surface area (Å²) >= 11 is 11.3. The first-order valence-corrected chi connectivity index (χ1v) is 7.55. The van der Waals surface area contributed by atoms with Crippen molar-refractivity contribution in [3.05, 3.63) is 69.7 Å². The second-order valence-corrected chi connectivity index (χ2v) is 6.08. The first kappa shape index (κ1) is 20.8. The van der Waals surface area contributed by atoms with E-state index in [-0.39, 0.29) is 0 Å². The zero-order valence-corrected chi connectivity index (χ0v) is 13.9. The van der Waals surface area contributed by atoms with E-state index in [9.17, 15) is 30.7 Å². The maximum Gasteiger partial charge on any atom is 0.460 e. The van der Waals surface area contributed by atoms with Gasteiger partial charge in [-0.15, -0.1) is 0 Å². The van der Waals surface area contributed by atoms with E-state index in [4.69, 9.17) is 23.2 Å². The molecule has 0 saturated carbocycles. The monoisotopic (exact) mass is 422 g/mol. The predicted molar refractivity (Wildman–Crippen MR) is 80.7 cm³/mol. The van der Waals surface area contributed by atoms with E-state index < -0.39 is 44.9 Å². The average Bonchev–Trinajstić information content (AvgIpc) is 2.53. The minimum absolute atomic E-state index is 0.589. The fourth-order valence-electron chi connectivity index (χ4n) is 2.36. The van der Waals surface area contributed by atoms with Crippen molar-refractivity contribution in [1.82, 2.24) is 0 Å². The standard InChI is InChI=1S/C16H8Cl2F8/c17-11-7-3-1-5-9(11)13(19,10-6-2-4-8-12(10)18)14(20,21)15(22,23)16(24,25)26/h1-8H. The van der Waals surface area contributed by atoms with Gasteiger partial charge in [0.1, 0.15) is 0 Å². The summed E-state index contributed by atoms with van der Waals surface area (Å²) in [5, 5.41) is -1.54. The van der Waals surface area contributed by atoms with Crippen LogP contribution in [0.4, 0.5) is 35.1 Å². The van der Waals surface area contributed by atoms with Crippen molar-refractivity contribution in [3.63, 3.8) is 0 Å². The molecule has 0 atom stereocenters. The third-order valence-electron chi connectivity index (χ3n) is 3.67. The van der Waals surface area contributed by atoms with E-state index in [0.717, 1.165) is 24.3 Å². The Morgan fingerprint density at radius 2 is 0.885 bits per heavy atom. The molecule has 0 amide bonds. The highest BCUT2D eigenvalue weighted by atomic mass is 35.5. The van der Waals surface area contributed by atoms with Crippen LogP contribution in [-0.4, -0.2) is 18.0 Å². The van der Waals surface area contributed by atoms with Crippen LogP contribution in [-0.2, 0) is 5.67 Å². The first-order valence-electron chi connectivity index (χ1n) is 6.79. The van der Waals surface area contributed by atoms with Crippen LogP contribution in [0.5, 0.6) is 0 Å². The SMILES string of the molecule is FC(F)(F)C(F)(F)C(F)(F)C(F)(c1ccccc1Cl)c1ccccc1Cl. The normalized spacial score (nSPS) is 13.8. The van der Waals surface area contributed by atoms with Gasteiger partial charge in [0.2, 0.25) is 5.67 Å². The van der Waals surface area contributed by atoms with Gasteiger partial charge in [-0.05, 0) is 12.1 Å². The Morgan fingerprint density at radius 3 is 1.19 bits per heavy atom. The summed E-state index contributed by atoms with van der Waals surface area (Å²) in [6, 6.07) is 7.20. The molecule has 26 heavy (non-hydrogen) atoms. The Labute approximate surface area is 152 Å². The maximum absolute atomic E-state index is 15.7. The lowest BCUT2D eigenvalue weighted by atomic mass is 9.79. The summed E-state index contributed by atoms with van der Waals surface area (Å²) in [4.78, 5) is 0. The zero-order chi connectivity index (χ0) is 20.0. The lowest BCUT2D eigenvalue weighted by Gasteiger charge is -2.39. The Hall–Kier alpha value is -1.54. The lowest BCUT2D eigenvalue weighted by Crippen LogP contribution is -2.61. The van der Waals surface area contributed by atoms with E-state index in [0.29, 0.717) is 12.1 Å². The third kappa shape index (κ3) is 2.93. The molecule has 0 heterocycles. The van der Waals surface area contributed by atoms with Crippen molar-refractivity contribution < 1.29 is 35.1 Å². The number of benzene rings is 2.